The molecule has 0 aliphatic carbocycles. The van der Waals surface area contributed by atoms with Gasteiger partial charge in [0.25, 0.3) is 5.91 Å². The summed E-state index contributed by atoms with van der Waals surface area (Å²) in [5.41, 5.74) is 10.3. The lowest BCUT2D eigenvalue weighted by atomic mass is 10.1. The maximum atomic E-state index is 12.2. The maximum Gasteiger partial charge on any atom is 0.263 e. The summed E-state index contributed by atoms with van der Waals surface area (Å²) >= 11 is 0. The van der Waals surface area contributed by atoms with E-state index in [1.807, 2.05) is 36.4 Å². The number of amides is 2. The third kappa shape index (κ3) is 5.21. The molecule has 1 aliphatic heterocycles. The van der Waals surface area contributed by atoms with Crippen LogP contribution in [0.4, 0.5) is 0 Å². The molecule has 1 aliphatic rings. The Morgan fingerprint density at radius 3 is 2.74 bits per heavy atom. The van der Waals surface area contributed by atoms with Gasteiger partial charge in [-0.25, -0.2) is 5.43 Å². The Bertz CT molecular complexity index is 864. The molecule has 138 valence electrons. The molecule has 0 saturated carbocycles. The number of nitrogens with one attached hydrogen (secondary N) is 3. The van der Waals surface area contributed by atoms with Gasteiger partial charge in [0.15, 0.2) is 0 Å². The number of hydrazone groups is 1. The minimum absolute atomic E-state index is 0.0877. The fourth-order valence-corrected chi connectivity index (χ4v) is 2.52. The Balaban J connectivity index is 1.60. The van der Waals surface area contributed by atoms with Gasteiger partial charge in [-0.3, -0.25) is 30.4 Å². The summed E-state index contributed by atoms with van der Waals surface area (Å²) in [4.78, 5) is 32.5. The zero-order valence-electron chi connectivity index (χ0n) is 14.8. The van der Waals surface area contributed by atoms with E-state index in [-0.39, 0.29) is 18.2 Å². The molecule has 0 radical (unpaired) electrons. The van der Waals surface area contributed by atoms with E-state index in [4.69, 9.17) is 0 Å². The predicted molar refractivity (Wildman–Crippen MR) is 102 cm³/mol. The van der Waals surface area contributed by atoms with E-state index >= 15 is 0 Å². The molecular formula is C19H20N6O2. The van der Waals surface area contributed by atoms with E-state index in [9.17, 15) is 9.59 Å². The standard InChI is InChI=1S/C19H20N6O2/c1-13(15-8-5-9-20-12-15)22-24-18(26)11-16-19(27)25-23-17(21-16)10-14-6-3-2-4-7-14/h2-9,12,16H,10-11H2,1H3,(H,21,23)(H,24,26)(H,25,27). The minimum atomic E-state index is -0.793. The van der Waals surface area contributed by atoms with E-state index in [1.165, 1.54) is 0 Å². The van der Waals surface area contributed by atoms with Crippen LogP contribution in [0.2, 0.25) is 0 Å². The molecule has 0 saturated heterocycles. The molecule has 0 fully saturated rings. The van der Waals surface area contributed by atoms with Crippen LogP contribution >= 0.6 is 0 Å². The molecule has 27 heavy (non-hydrogen) atoms. The number of pyridine rings is 1. The second-order valence-electron chi connectivity index (χ2n) is 6.05. The largest absolute Gasteiger partial charge is 0.285 e. The molecule has 1 unspecified atom stereocenters. The number of hydrogen-bond donors (Lipinski definition) is 3. The Kier molecular flexibility index (Phi) is 5.88. The van der Waals surface area contributed by atoms with Crippen LogP contribution in [0.15, 0.2) is 65.0 Å². The fourth-order valence-electron chi connectivity index (χ4n) is 2.52. The van der Waals surface area contributed by atoms with Gasteiger partial charge in [-0.1, -0.05) is 36.4 Å². The highest BCUT2D eigenvalue weighted by Gasteiger charge is 2.25. The number of hydrogen-bond acceptors (Lipinski definition) is 6. The maximum absolute atomic E-state index is 12.2. The highest BCUT2D eigenvalue weighted by molar-refractivity contribution is 5.99. The van der Waals surface area contributed by atoms with Gasteiger partial charge in [0, 0.05) is 24.4 Å². The van der Waals surface area contributed by atoms with E-state index in [0.717, 1.165) is 11.1 Å². The molecule has 3 N–H and O–H groups in total. The first-order chi connectivity index (χ1) is 13.1. The molecule has 2 heterocycles. The quantitative estimate of drug-likeness (QED) is 0.524. The van der Waals surface area contributed by atoms with Crippen molar-refractivity contribution in [2.24, 2.45) is 10.1 Å². The molecule has 0 spiro atoms. The van der Waals surface area contributed by atoms with E-state index in [1.54, 1.807) is 25.4 Å². The van der Waals surface area contributed by atoms with Gasteiger partial charge in [-0.05, 0) is 18.6 Å². The van der Waals surface area contributed by atoms with Crippen molar-refractivity contribution in [2.45, 2.75) is 25.8 Å². The molecule has 1 aromatic carbocycles. The van der Waals surface area contributed by atoms with Gasteiger partial charge in [0.2, 0.25) is 5.91 Å². The van der Waals surface area contributed by atoms with Gasteiger partial charge in [0.1, 0.15) is 11.9 Å². The first kappa shape index (κ1) is 18.2. The Morgan fingerprint density at radius 2 is 2.00 bits per heavy atom. The molecule has 3 rings (SSSR count). The van der Waals surface area contributed by atoms with Crippen molar-refractivity contribution in [1.29, 1.82) is 0 Å². The van der Waals surface area contributed by atoms with Crippen LogP contribution in [0.3, 0.4) is 0 Å². The summed E-state index contributed by atoms with van der Waals surface area (Å²) in [5, 5.41) is 4.05. The third-order valence-electron chi connectivity index (χ3n) is 3.97. The average Bonchev–Trinajstić information content (AvgIpc) is 2.70. The predicted octanol–water partition coefficient (Wildman–Crippen LogP) is 0.956. The molecule has 1 aromatic heterocycles. The summed E-state index contributed by atoms with van der Waals surface area (Å²) in [5.74, 6) is -0.133. The van der Waals surface area contributed by atoms with E-state index in [0.29, 0.717) is 18.0 Å². The lowest BCUT2D eigenvalue weighted by Gasteiger charge is -2.21. The summed E-state index contributed by atoms with van der Waals surface area (Å²) < 4.78 is 0. The molecule has 0 bridgehead atoms. The molecular weight excluding hydrogens is 344 g/mol. The smallest absolute Gasteiger partial charge is 0.263 e. The van der Waals surface area contributed by atoms with Gasteiger partial charge in [-0.15, -0.1) is 0 Å². The van der Waals surface area contributed by atoms with Crippen molar-refractivity contribution in [3.8, 4) is 0 Å². The zero-order chi connectivity index (χ0) is 19.1. The van der Waals surface area contributed by atoms with Crippen molar-refractivity contribution in [3.63, 3.8) is 0 Å². The Morgan fingerprint density at radius 1 is 1.19 bits per heavy atom. The van der Waals surface area contributed by atoms with Crippen LogP contribution in [-0.2, 0) is 16.0 Å². The summed E-state index contributed by atoms with van der Waals surface area (Å²) in [7, 11) is 0. The SMILES string of the molecule is CC(=NNC(=O)CC1N=C(Cc2ccccc2)NNC1=O)c1cccnc1. The Labute approximate surface area is 156 Å². The zero-order valence-corrected chi connectivity index (χ0v) is 14.8. The van der Waals surface area contributed by atoms with Crippen molar-refractivity contribution in [2.75, 3.05) is 0 Å². The van der Waals surface area contributed by atoms with Gasteiger partial charge in [-0.2, -0.15) is 5.10 Å². The van der Waals surface area contributed by atoms with Crippen LogP contribution < -0.4 is 16.3 Å². The number of amidine groups is 1. The van der Waals surface area contributed by atoms with Crippen LogP contribution in [0.25, 0.3) is 0 Å². The molecule has 2 aromatic rings. The van der Waals surface area contributed by atoms with Crippen LogP contribution in [0.5, 0.6) is 0 Å². The third-order valence-corrected chi connectivity index (χ3v) is 3.97. The average molecular weight is 364 g/mol. The van der Waals surface area contributed by atoms with Crippen molar-refractivity contribution in [3.05, 3.63) is 66.0 Å². The van der Waals surface area contributed by atoms with E-state index in [2.05, 4.69) is 31.4 Å². The molecule has 1 atom stereocenters. The number of benzene rings is 1. The topological polar surface area (TPSA) is 108 Å². The first-order valence-corrected chi connectivity index (χ1v) is 8.52. The van der Waals surface area contributed by atoms with E-state index < -0.39 is 6.04 Å². The van der Waals surface area contributed by atoms with Gasteiger partial charge >= 0.3 is 0 Å². The Hall–Kier alpha value is -3.55. The summed E-state index contributed by atoms with van der Waals surface area (Å²) in [6.45, 7) is 1.77. The number of aliphatic imine (C=N–C) groups is 1. The number of hydrazine groups is 1. The van der Waals surface area contributed by atoms with Crippen LogP contribution in [0, 0.1) is 0 Å². The lowest BCUT2D eigenvalue weighted by Crippen LogP contribution is -2.52. The second-order valence-corrected chi connectivity index (χ2v) is 6.05. The summed E-state index contributed by atoms with van der Waals surface area (Å²) in [6, 6.07) is 12.6. The number of carbonyl (C=O) groups is 2. The van der Waals surface area contributed by atoms with Crippen LogP contribution in [-0.4, -0.2) is 34.4 Å². The normalized spacial score (nSPS) is 16.8. The fraction of sp³-hybridized carbons (Fsp3) is 0.211. The van der Waals surface area contributed by atoms with Crippen LogP contribution in [0.1, 0.15) is 24.5 Å². The monoisotopic (exact) mass is 364 g/mol. The lowest BCUT2D eigenvalue weighted by molar-refractivity contribution is -0.128. The number of aromatic nitrogens is 1. The molecule has 8 heteroatoms. The highest BCUT2D eigenvalue weighted by atomic mass is 16.2. The molecule has 2 amide bonds. The number of nitrogens with zero attached hydrogens (tertiary/aromatic N) is 3. The highest BCUT2D eigenvalue weighted by Crippen LogP contribution is 2.07. The first-order valence-electron chi connectivity index (χ1n) is 8.52. The van der Waals surface area contributed by atoms with Crippen molar-refractivity contribution in [1.82, 2.24) is 21.3 Å². The number of carbonyl (C=O) groups excluding carboxylic acids is 2. The summed E-state index contributed by atoms with van der Waals surface area (Å²) in [6.07, 6.45) is 3.77. The number of rotatable bonds is 6. The van der Waals surface area contributed by atoms with Crippen molar-refractivity contribution < 1.29 is 9.59 Å². The minimum Gasteiger partial charge on any atom is -0.285 e. The second kappa shape index (κ2) is 8.70. The molecule has 8 nitrogen and oxygen atoms in total. The van der Waals surface area contributed by atoms with Gasteiger partial charge in [0.05, 0.1) is 12.1 Å². The van der Waals surface area contributed by atoms with Crippen molar-refractivity contribution >= 4 is 23.4 Å². The van der Waals surface area contributed by atoms with Gasteiger partial charge < -0.3 is 0 Å².